The van der Waals surface area contributed by atoms with E-state index in [0.29, 0.717) is 12.1 Å². The largest absolute Gasteiger partial charge is 0.351 e. The Hall–Kier alpha value is -2.14. The summed E-state index contributed by atoms with van der Waals surface area (Å²) in [6, 6.07) is 9.34. The highest BCUT2D eigenvalue weighted by molar-refractivity contribution is 5.97. The molecule has 0 aliphatic heterocycles. The number of rotatable bonds is 6. The van der Waals surface area contributed by atoms with Crippen LogP contribution in [0, 0.1) is 5.41 Å². The number of para-hydroxylation sites is 1. The van der Waals surface area contributed by atoms with Crippen LogP contribution in [-0.4, -0.2) is 47.8 Å². The van der Waals surface area contributed by atoms with Gasteiger partial charge >= 0.3 is 0 Å². The molecule has 0 atom stereocenters. The number of nitrogens with zero attached hydrogens (tertiary/aromatic N) is 3. The summed E-state index contributed by atoms with van der Waals surface area (Å²) in [7, 11) is 4.08. The van der Waals surface area contributed by atoms with Gasteiger partial charge in [-0.1, -0.05) is 26.0 Å². The maximum atomic E-state index is 12.5. The predicted molar refractivity (Wildman–Crippen MR) is 88.2 cm³/mol. The van der Waals surface area contributed by atoms with Crippen molar-refractivity contribution < 1.29 is 4.79 Å². The van der Waals surface area contributed by atoms with Crippen molar-refractivity contribution >= 4 is 5.91 Å². The average molecular weight is 300 g/mol. The summed E-state index contributed by atoms with van der Waals surface area (Å²) in [5.74, 6) is -0.0714. The number of nitrogens with one attached hydrogen (secondary N) is 1. The molecule has 118 valence electrons. The highest BCUT2D eigenvalue weighted by Gasteiger charge is 2.21. The SMILES string of the molecule is CN(C)CC(C)(C)CNC(=O)c1ccccc1-n1cccn1. The maximum Gasteiger partial charge on any atom is 0.253 e. The van der Waals surface area contributed by atoms with E-state index in [0.717, 1.165) is 12.2 Å². The van der Waals surface area contributed by atoms with E-state index in [9.17, 15) is 4.79 Å². The van der Waals surface area contributed by atoms with Gasteiger partial charge in [-0.25, -0.2) is 4.68 Å². The van der Waals surface area contributed by atoms with Crippen LogP contribution in [0.2, 0.25) is 0 Å². The lowest BCUT2D eigenvalue weighted by Crippen LogP contribution is -2.40. The van der Waals surface area contributed by atoms with Gasteiger partial charge in [0.05, 0.1) is 11.3 Å². The number of hydrogen-bond acceptors (Lipinski definition) is 3. The van der Waals surface area contributed by atoms with Gasteiger partial charge in [0.1, 0.15) is 0 Å². The summed E-state index contributed by atoms with van der Waals surface area (Å²) in [6.45, 7) is 5.82. The van der Waals surface area contributed by atoms with Crippen LogP contribution in [0.15, 0.2) is 42.7 Å². The maximum absolute atomic E-state index is 12.5. The highest BCUT2D eigenvalue weighted by atomic mass is 16.1. The van der Waals surface area contributed by atoms with Crippen LogP contribution in [0.5, 0.6) is 0 Å². The molecule has 1 aromatic heterocycles. The lowest BCUT2D eigenvalue weighted by molar-refractivity contribution is 0.0929. The second-order valence-corrected chi connectivity index (χ2v) is 6.55. The Kier molecular flexibility index (Phi) is 4.98. The molecular weight excluding hydrogens is 276 g/mol. The molecule has 0 saturated carbocycles. The van der Waals surface area contributed by atoms with E-state index in [1.54, 1.807) is 10.9 Å². The quantitative estimate of drug-likeness (QED) is 0.889. The van der Waals surface area contributed by atoms with Gasteiger partial charge in [0, 0.05) is 25.5 Å². The van der Waals surface area contributed by atoms with Gasteiger partial charge in [-0.3, -0.25) is 4.79 Å². The smallest absolute Gasteiger partial charge is 0.253 e. The highest BCUT2D eigenvalue weighted by Crippen LogP contribution is 2.16. The second kappa shape index (κ2) is 6.75. The third kappa shape index (κ3) is 4.18. The molecule has 0 spiro atoms. The first kappa shape index (κ1) is 16.2. The molecule has 5 heteroatoms. The molecule has 0 saturated heterocycles. The van der Waals surface area contributed by atoms with E-state index in [1.165, 1.54) is 0 Å². The number of amides is 1. The first-order chi connectivity index (χ1) is 10.4. The molecule has 0 aliphatic rings. The van der Waals surface area contributed by atoms with Crippen LogP contribution in [-0.2, 0) is 0 Å². The van der Waals surface area contributed by atoms with E-state index in [-0.39, 0.29) is 11.3 Å². The first-order valence-corrected chi connectivity index (χ1v) is 7.41. The Morgan fingerprint density at radius 1 is 1.27 bits per heavy atom. The Labute approximate surface area is 131 Å². The minimum atomic E-state index is -0.0714. The molecule has 2 rings (SSSR count). The van der Waals surface area contributed by atoms with Crippen molar-refractivity contribution in [1.29, 1.82) is 0 Å². The molecule has 0 bridgehead atoms. The van der Waals surface area contributed by atoms with Crippen molar-refractivity contribution in [2.75, 3.05) is 27.2 Å². The van der Waals surface area contributed by atoms with Crippen molar-refractivity contribution in [2.45, 2.75) is 13.8 Å². The Balaban J connectivity index is 2.11. The van der Waals surface area contributed by atoms with Gasteiger partial charge in [0.25, 0.3) is 5.91 Å². The number of carbonyl (C=O) groups is 1. The molecule has 0 radical (unpaired) electrons. The predicted octanol–water partition coefficient (Wildman–Crippen LogP) is 2.19. The van der Waals surface area contributed by atoms with Crippen molar-refractivity contribution in [3.8, 4) is 5.69 Å². The summed E-state index contributed by atoms with van der Waals surface area (Å²) in [5, 5.41) is 7.25. The van der Waals surface area contributed by atoms with Gasteiger partial charge in [0.15, 0.2) is 0 Å². The molecule has 2 aromatic rings. The third-order valence-corrected chi connectivity index (χ3v) is 3.37. The zero-order valence-electron chi connectivity index (χ0n) is 13.7. The fourth-order valence-electron chi connectivity index (χ4n) is 2.60. The Bertz CT molecular complexity index is 617. The number of carbonyl (C=O) groups excluding carboxylic acids is 1. The molecular formula is C17H24N4O. The Morgan fingerprint density at radius 3 is 2.64 bits per heavy atom. The fourth-order valence-corrected chi connectivity index (χ4v) is 2.60. The molecule has 0 unspecified atom stereocenters. The normalized spacial score (nSPS) is 11.7. The zero-order chi connectivity index (χ0) is 16.2. The lowest BCUT2D eigenvalue weighted by Gasteiger charge is -2.28. The van der Waals surface area contributed by atoms with E-state index in [4.69, 9.17) is 0 Å². The Morgan fingerprint density at radius 2 is 2.00 bits per heavy atom. The molecule has 1 N–H and O–H groups in total. The number of benzene rings is 1. The zero-order valence-corrected chi connectivity index (χ0v) is 13.7. The van der Waals surface area contributed by atoms with Gasteiger partial charge in [0.2, 0.25) is 0 Å². The van der Waals surface area contributed by atoms with Gasteiger partial charge in [-0.2, -0.15) is 5.10 Å². The van der Waals surface area contributed by atoms with E-state index < -0.39 is 0 Å². The minimum Gasteiger partial charge on any atom is -0.351 e. The summed E-state index contributed by atoms with van der Waals surface area (Å²) in [4.78, 5) is 14.7. The number of hydrogen-bond donors (Lipinski definition) is 1. The van der Waals surface area contributed by atoms with Crippen molar-refractivity contribution in [3.63, 3.8) is 0 Å². The molecule has 5 nitrogen and oxygen atoms in total. The van der Waals surface area contributed by atoms with Crippen LogP contribution >= 0.6 is 0 Å². The van der Waals surface area contributed by atoms with E-state index in [1.807, 2.05) is 50.6 Å². The summed E-state index contributed by atoms with van der Waals surface area (Å²) in [5.41, 5.74) is 1.43. The topological polar surface area (TPSA) is 50.2 Å². The molecule has 0 aliphatic carbocycles. The first-order valence-electron chi connectivity index (χ1n) is 7.41. The fraction of sp³-hybridized carbons (Fsp3) is 0.412. The van der Waals surface area contributed by atoms with Crippen molar-refractivity contribution in [1.82, 2.24) is 20.0 Å². The van der Waals surface area contributed by atoms with Crippen LogP contribution in [0.1, 0.15) is 24.2 Å². The third-order valence-electron chi connectivity index (χ3n) is 3.37. The van der Waals surface area contributed by atoms with Gasteiger partial charge < -0.3 is 10.2 Å². The minimum absolute atomic E-state index is 0.0137. The molecule has 22 heavy (non-hydrogen) atoms. The van der Waals surface area contributed by atoms with Gasteiger partial charge in [-0.05, 0) is 37.7 Å². The monoisotopic (exact) mass is 300 g/mol. The van der Waals surface area contributed by atoms with Gasteiger partial charge in [-0.15, -0.1) is 0 Å². The second-order valence-electron chi connectivity index (χ2n) is 6.55. The standard InChI is InChI=1S/C17H24N4O/c1-17(2,13-20(3)4)12-18-16(22)14-8-5-6-9-15(14)21-11-7-10-19-21/h5-11H,12-13H2,1-4H3,(H,18,22). The van der Waals surface area contributed by atoms with Crippen LogP contribution < -0.4 is 5.32 Å². The lowest BCUT2D eigenvalue weighted by atomic mass is 9.93. The molecule has 0 fully saturated rings. The van der Waals surface area contributed by atoms with Crippen LogP contribution in [0.25, 0.3) is 5.69 Å². The van der Waals surface area contributed by atoms with Crippen LogP contribution in [0.3, 0.4) is 0 Å². The van der Waals surface area contributed by atoms with Crippen molar-refractivity contribution in [2.24, 2.45) is 5.41 Å². The van der Waals surface area contributed by atoms with Crippen LogP contribution in [0.4, 0.5) is 0 Å². The molecule has 1 amide bonds. The summed E-state index contributed by atoms with van der Waals surface area (Å²) >= 11 is 0. The van der Waals surface area contributed by atoms with E-state index in [2.05, 4.69) is 29.2 Å². The number of aromatic nitrogens is 2. The molecule has 1 heterocycles. The van der Waals surface area contributed by atoms with E-state index >= 15 is 0 Å². The average Bonchev–Trinajstić information content (AvgIpc) is 2.97. The van der Waals surface area contributed by atoms with Crippen molar-refractivity contribution in [3.05, 3.63) is 48.3 Å². The molecule has 1 aromatic carbocycles. The summed E-state index contributed by atoms with van der Waals surface area (Å²) in [6.07, 6.45) is 3.54. The summed E-state index contributed by atoms with van der Waals surface area (Å²) < 4.78 is 1.71.